The van der Waals surface area contributed by atoms with Crippen LogP contribution in [-0.4, -0.2) is 42.0 Å². The van der Waals surface area contributed by atoms with Crippen LogP contribution in [0.1, 0.15) is 12.8 Å². The maximum absolute atomic E-state index is 12.0. The first kappa shape index (κ1) is 17.1. The third-order valence-electron chi connectivity index (χ3n) is 3.11. The number of hydrogen-bond acceptors (Lipinski definition) is 4. The van der Waals surface area contributed by atoms with Gasteiger partial charge in [-0.15, -0.1) is 0 Å². The summed E-state index contributed by atoms with van der Waals surface area (Å²) in [6, 6.07) is 5.34. The molecule has 0 bridgehead atoms. The summed E-state index contributed by atoms with van der Waals surface area (Å²) in [5, 5.41) is 11.3. The first-order valence-electron chi connectivity index (χ1n) is 6.73. The molecule has 1 aliphatic heterocycles. The van der Waals surface area contributed by atoms with Gasteiger partial charge in [-0.2, -0.15) is 13.2 Å². The molecule has 0 spiro atoms. The summed E-state index contributed by atoms with van der Waals surface area (Å²) in [6.45, 7) is -1.40. The fourth-order valence-electron chi connectivity index (χ4n) is 2.03. The summed E-state index contributed by atoms with van der Waals surface area (Å²) in [7, 11) is 0. The minimum Gasteiger partial charge on any atom is -0.484 e. The van der Waals surface area contributed by atoms with Crippen molar-refractivity contribution in [2.45, 2.75) is 31.2 Å². The molecule has 9 heteroatoms. The molecule has 6 nitrogen and oxygen atoms in total. The van der Waals surface area contributed by atoms with Crippen LogP contribution in [0.3, 0.4) is 0 Å². The Morgan fingerprint density at radius 2 is 1.83 bits per heavy atom. The van der Waals surface area contributed by atoms with E-state index in [0.29, 0.717) is 5.69 Å². The van der Waals surface area contributed by atoms with Crippen molar-refractivity contribution in [3.05, 3.63) is 24.3 Å². The van der Waals surface area contributed by atoms with Gasteiger partial charge < -0.3 is 19.9 Å². The number of hydrogen-bond donors (Lipinski definition) is 2. The van der Waals surface area contributed by atoms with Crippen LogP contribution >= 0.6 is 0 Å². The molecule has 0 aliphatic carbocycles. The van der Waals surface area contributed by atoms with Crippen molar-refractivity contribution in [1.82, 2.24) is 0 Å². The maximum atomic E-state index is 12.0. The number of benzene rings is 1. The molecule has 1 amide bonds. The van der Waals surface area contributed by atoms with Gasteiger partial charge in [0.1, 0.15) is 11.9 Å². The highest BCUT2D eigenvalue weighted by molar-refractivity contribution is 5.94. The van der Waals surface area contributed by atoms with Crippen LogP contribution in [0.15, 0.2) is 24.3 Å². The van der Waals surface area contributed by atoms with Crippen molar-refractivity contribution in [3.8, 4) is 5.75 Å². The molecule has 0 radical (unpaired) electrons. The summed E-state index contributed by atoms with van der Waals surface area (Å²) in [5.74, 6) is -1.60. The molecule has 1 heterocycles. The molecular formula is C14H14F3NO5. The van der Waals surface area contributed by atoms with Crippen LogP contribution in [0.2, 0.25) is 0 Å². The second kappa shape index (κ2) is 6.86. The highest BCUT2D eigenvalue weighted by atomic mass is 19.4. The van der Waals surface area contributed by atoms with Crippen molar-refractivity contribution in [2.24, 2.45) is 0 Å². The van der Waals surface area contributed by atoms with Gasteiger partial charge in [-0.3, -0.25) is 4.79 Å². The van der Waals surface area contributed by atoms with E-state index < -0.39 is 36.9 Å². The Morgan fingerprint density at radius 1 is 1.22 bits per heavy atom. The number of carboxylic acid groups (broad SMARTS) is 1. The van der Waals surface area contributed by atoms with Gasteiger partial charge in [0.25, 0.3) is 5.91 Å². The molecular weight excluding hydrogens is 319 g/mol. The van der Waals surface area contributed by atoms with Crippen LogP contribution < -0.4 is 10.1 Å². The first-order chi connectivity index (χ1) is 10.7. The largest absolute Gasteiger partial charge is 0.484 e. The van der Waals surface area contributed by atoms with Gasteiger partial charge in [0.05, 0.1) is 0 Å². The number of carboxylic acids is 1. The first-order valence-corrected chi connectivity index (χ1v) is 6.73. The zero-order valence-electron chi connectivity index (χ0n) is 11.8. The average Bonchev–Trinajstić information content (AvgIpc) is 2.96. The molecule has 1 aliphatic rings. The Morgan fingerprint density at radius 3 is 2.35 bits per heavy atom. The maximum Gasteiger partial charge on any atom is 0.422 e. The third kappa shape index (κ3) is 5.13. The second-order valence-electron chi connectivity index (χ2n) is 4.95. The van der Waals surface area contributed by atoms with Crippen molar-refractivity contribution < 1.29 is 37.3 Å². The normalized spacial score (nSPS) is 21.0. The van der Waals surface area contributed by atoms with Gasteiger partial charge in [-0.05, 0) is 37.1 Å². The van der Waals surface area contributed by atoms with Gasteiger partial charge in [0, 0.05) is 5.69 Å². The van der Waals surface area contributed by atoms with Gasteiger partial charge in [0.2, 0.25) is 0 Å². The molecule has 2 N–H and O–H groups in total. The number of carbonyl (C=O) groups is 2. The van der Waals surface area contributed by atoms with Crippen molar-refractivity contribution >= 4 is 17.6 Å². The van der Waals surface area contributed by atoms with Crippen molar-refractivity contribution in [2.75, 3.05) is 11.9 Å². The fourth-order valence-corrected chi connectivity index (χ4v) is 2.03. The van der Waals surface area contributed by atoms with E-state index in [-0.39, 0.29) is 18.6 Å². The number of anilines is 1. The van der Waals surface area contributed by atoms with Crippen LogP contribution in [-0.2, 0) is 14.3 Å². The zero-order chi connectivity index (χ0) is 17.0. The number of halogens is 3. The van der Waals surface area contributed by atoms with Gasteiger partial charge >= 0.3 is 12.1 Å². The van der Waals surface area contributed by atoms with E-state index in [9.17, 15) is 22.8 Å². The predicted octanol–water partition coefficient (Wildman–Crippen LogP) is 2.20. The van der Waals surface area contributed by atoms with Crippen molar-refractivity contribution in [1.29, 1.82) is 0 Å². The number of carbonyl (C=O) groups excluding carboxylic acids is 1. The summed E-state index contributed by atoms with van der Waals surface area (Å²) in [4.78, 5) is 22.7. The van der Waals surface area contributed by atoms with Gasteiger partial charge in [-0.25, -0.2) is 4.79 Å². The van der Waals surface area contributed by atoms with E-state index in [1.807, 2.05) is 0 Å². The third-order valence-corrected chi connectivity index (χ3v) is 3.11. The number of aliphatic carboxylic acids is 1. The number of rotatable bonds is 5. The SMILES string of the molecule is O=C(Nc1ccc(OCC(F)(F)F)cc1)[C@@H]1CC[C@H](C(=O)O)O1. The van der Waals surface area contributed by atoms with Crippen LogP contribution in [0.4, 0.5) is 18.9 Å². The molecule has 2 atom stereocenters. The lowest BCUT2D eigenvalue weighted by Crippen LogP contribution is -2.29. The Labute approximate surface area is 129 Å². The highest BCUT2D eigenvalue weighted by Gasteiger charge is 2.34. The smallest absolute Gasteiger partial charge is 0.422 e. The molecule has 23 heavy (non-hydrogen) atoms. The Kier molecular flexibility index (Phi) is 5.09. The van der Waals surface area contributed by atoms with Crippen LogP contribution in [0.5, 0.6) is 5.75 Å². The summed E-state index contributed by atoms with van der Waals surface area (Å²) >= 11 is 0. The van der Waals surface area contributed by atoms with Gasteiger partial charge in [0.15, 0.2) is 12.7 Å². The monoisotopic (exact) mass is 333 g/mol. The Balaban J connectivity index is 1.86. The standard InChI is InChI=1S/C14H14F3NO5/c15-14(16,17)7-22-9-3-1-8(2-4-9)18-12(19)10-5-6-11(23-10)13(20)21/h1-4,10-11H,5-7H2,(H,18,19)(H,20,21)/t10-,11+/m0/s1. The predicted molar refractivity (Wildman–Crippen MR) is 72.2 cm³/mol. The topological polar surface area (TPSA) is 84.9 Å². The number of ether oxygens (including phenoxy) is 2. The molecule has 1 aromatic carbocycles. The molecule has 2 rings (SSSR count). The number of alkyl halides is 3. The minimum absolute atomic E-state index is 0.0170. The molecule has 0 saturated carbocycles. The van der Waals surface area contributed by atoms with Crippen LogP contribution in [0, 0.1) is 0 Å². The Bertz CT molecular complexity index is 573. The van der Waals surface area contributed by atoms with Crippen molar-refractivity contribution in [3.63, 3.8) is 0 Å². The lowest BCUT2D eigenvalue weighted by atomic mass is 10.2. The van der Waals surface area contributed by atoms with E-state index in [0.717, 1.165) is 0 Å². The van der Waals surface area contributed by atoms with Crippen LogP contribution in [0.25, 0.3) is 0 Å². The van der Waals surface area contributed by atoms with E-state index in [4.69, 9.17) is 9.84 Å². The Hall–Kier alpha value is -2.29. The highest BCUT2D eigenvalue weighted by Crippen LogP contribution is 2.23. The summed E-state index contributed by atoms with van der Waals surface area (Å²) in [5.41, 5.74) is 0.344. The second-order valence-corrected chi connectivity index (χ2v) is 4.95. The molecule has 0 unspecified atom stereocenters. The minimum atomic E-state index is -4.42. The number of amides is 1. The summed E-state index contributed by atoms with van der Waals surface area (Å²) < 4.78 is 45.7. The van der Waals surface area contributed by atoms with Gasteiger partial charge in [-0.1, -0.05) is 0 Å². The fraction of sp³-hybridized carbons (Fsp3) is 0.429. The molecule has 1 aromatic rings. The lowest BCUT2D eigenvalue weighted by Gasteiger charge is -2.13. The zero-order valence-corrected chi connectivity index (χ0v) is 11.8. The van der Waals surface area contributed by atoms with E-state index in [1.165, 1.54) is 24.3 Å². The van der Waals surface area contributed by atoms with E-state index in [2.05, 4.69) is 10.1 Å². The van der Waals surface area contributed by atoms with E-state index in [1.54, 1.807) is 0 Å². The summed E-state index contributed by atoms with van der Waals surface area (Å²) in [6.07, 6.45) is -5.75. The lowest BCUT2D eigenvalue weighted by molar-refractivity contribution is -0.153. The van der Waals surface area contributed by atoms with E-state index >= 15 is 0 Å². The molecule has 1 saturated heterocycles. The molecule has 1 fully saturated rings. The molecule has 126 valence electrons. The number of nitrogens with one attached hydrogen (secondary N) is 1. The quantitative estimate of drug-likeness (QED) is 0.863. The molecule has 0 aromatic heterocycles. The average molecular weight is 333 g/mol.